The summed E-state index contributed by atoms with van der Waals surface area (Å²) in [4.78, 5) is 0. The first-order chi connectivity index (χ1) is 7.67. The van der Waals surface area contributed by atoms with Crippen LogP contribution in [0, 0.1) is 0 Å². The Balaban J connectivity index is 2.60. The van der Waals surface area contributed by atoms with E-state index >= 15 is 0 Å². The van der Waals surface area contributed by atoms with Gasteiger partial charge >= 0.3 is 0 Å². The Morgan fingerprint density at radius 1 is 1.38 bits per heavy atom. The Kier molecular flexibility index (Phi) is 5.14. The Hall–Kier alpha value is -1.20. The van der Waals surface area contributed by atoms with Gasteiger partial charge in [-0.3, -0.25) is 0 Å². The highest BCUT2D eigenvalue weighted by atomic mass is 19.3. The average Bonchev–Trinajstić information content (AvgIpc) is 2.28. The van der Waals surface area contributed by atoms with Crippen molar-refractivity contribution in [3.63, 3.8) is 0 Å². The minimum Gasteiger partial charge on any atom is -0.496 e. The van der Waals surface area contributed by atoms with Gasteiger partial charge in [-0.25, -0.2) is 8.78 Å². The highest BCUT2D eigenvalue weighted by molar-refractivity contribution is 5.36. The van der Waals surface area contributed by atoms with Gasteiger partial charge < -0.3 is 15.2 Å². The smallest absolute Gasteiger partial charge is 0.261 e. The highest BCUT2D eigenvalue weighted by Crippen LogP contribution is 2.19. The van der Waals surface area contributed by atoms with E-state index in [0.717, 1.165) is 11.1 Å². The summed E-state index contributed by atoms with van der Waals surface area (Å²) in [5.74, 6) is 0.695. The first-order valence-electron chi connectivity index (χ1n) is 4.89. The molecular weight excluding hydrogens is 216 g/mol. The number of ether oxygens (including phenoxy) is 2. The van der Waals surface area contributed by atoms with Gasteiger partial charge in [0.1, 0.15) is 12.4 Å². The van der Waals surface area contributed by atoms with Crippen molar-refractivity contribution >= 4 is 0 Å². The molecule has 0 unspecified atom stereocenters. The standard InChI is InChI=1S/C11H15F2NO2/c1-15-10-3-2-8(4-9(10)5-14)6-16-7-11(12)13/h2-4,11H,5-7,14H2,1H3. The van der Waals surface area contributed by atoms with E-state index in [-0.39, 0.29) is 6.61 Å². The second kappa shape index (κ2) is 6.40. The maximum Gasteiger partial charge on any atom is 0.261 e. The zero-order valence-corrected chi connectivity index (χ0v) is 9.08. The van der Waals surface area contributed by atoms with Crippen LogP contribution in [0.1, 0.15) is 11.1 Å². The van der Waals surface area contributed by atoms with Crippen molar-refractivity contribution in [2.75, 3.05) is 13.7 Å². The molecule has 0 aliphatic carbocycles. The molecule has 0 atom stereocenters. The first kappa shape index (κ1) is 12.9. The molecule has 1 rings (SSSR count). The van der Waals surface area contributed by atoms with Crippen molar-refractivity contribution in [3.05, 3.63) is 29.3 Å². The summed E-state index contributed by atoms with van der Waals surface area (Å²) in [5.41, 5.74) is 7.17. The van der Waals surface area contributed by atoms with Crippen LogP contribution in [-0.4, -0.2) is 20.1 Å². The summed E-state index contributed by atoms with van der Waals surface area (Å²) in [6.45, 7) is -0.0584. The molecule has 1 aromatic rings. The maximum absolute atomic E-state index is 11.8. The number of alkyl halides is 2. The summed E-state index contributed by atoms with van der Waals surface area (Å²) in [6.07, 6.45) is -2.44. The summed E-state index contributed by atoms with van der Waals surface area (Å²) >= 11 is 0. The largest absolute Gasteiger partial charge is 0.496 e. The molecule has 0 saturated heterocycles. The van der Waals surface area contributed by atoms with Gasteiger partial charge in [0.25, 0.3) is 6.43 Å². The number of nitrogens with two attached hydrogens (primary N) is 1. The molecule has 5 heteroatoms. The topological polar surface area (TPSA) is 44.5 Å². The minimum absolute atomic E-state index is 0.154. The summed E-state index contributed by atoms with van der Waals surface area (Å²) in [5, 5.41) is 0. The van der Waals surface area contributed by atoms with Crippen LogP contribution in [0.3, 0.4) is 0 Å². The van der Waals surface area contributed by atoms with Crippen molar-refractivity contribution in [2.45, 2.75) is 19.6 Å². The van der Waals surface area contributed by atoms with Gasteiger partial charge in [-0.1, -0.05) is 6.07 Å². The minimum atomic E-state index is -2.44. The molecule has 0 aromatic heterocycles. The quantitative estimate of drug-likeness (QED) is 0.813. The fourth-order valence-corrected chi connectivity index (χ4v) is 1.35. The number of hydrogen-bond donors (Lipinski definition) is 1. The van der Waals surface area contributed by atoms with E-state index in [1.54, 1.807) is 25.3 Å². The van der Waals surface area contributed by atoms with Gasteiger partial charge in [0.05, 0.1) is 13.7 Å². The Morgan fingerprint density at radius 3 is 2.69 bits per heavy atom. The third kappa shape index (κ3) is 3.75. The van der Waals surface area contributed by atoms with E-state index in [1.165, 1.54) is 0 Å². The Labute approximate surface area is 93.2 Å². The normalized spacial score (nSPS) is 10.8. The van der Waals surface area contributed by atoms with Crippen LogP contribution in [0.5, 0.6) is 5.75 Å². The highest BCUT2D eigenvalue weighted by Gasteiger charge is 2.05. The van der Waals surface area contributed by atoms with Crippen LogP contribution < -0.4 is 10.5 Å². The molecule has 0 aliphatic rings. The Bertz CT molecular complexity index is 332. The van der Waals surface area contributed by atoms with Crippen molar-refractivity contribution in [1.82, 2.24) is 0 Å². The Morgan fingerprint density at radius 2 is 2.12 bits per heavy atom. The van der Waals surface area contributed by atoms with Crippen LogP contribution in [0.2, 0.25) is 0 Å². The molecule has 0 saturated carbocycles. The molecule has 1 aromatic carbocycles. The molecule has 90 valence electrons. The van der Waals surface area contributed by atoms with Crippen molar-refractivity contribution in [2.24, 2.45) is 5.73 Å². The lowest BCUT2D eigenvalue weighted by molar-refractivity contribution is 0.00985. The molecule has 0 radical (unpaired) electrons. The molecule has 0 spiro atoms. The summed E-state index contributed by atoms with van der Waals surface area (Å²) < 4.78 is 33.6. The monoisotopic (exact) mass is 231 g/mol. The SMILES string of the molecule is COc1ccc(COCC(F)F)cc1CN. The van der Waals surface area contributed by atoms with Gasteiger partial charge in [-0.15, -0.1) is 0 Å². The number of benzene rings is 1. The second-order valence-electron chi connectivity index (χ2n) is 3.26. The van der Waals surface area contributed by atoms with E-state index < -0.39 is 13.0 Å². The predicted molar refractivity (Wildman–Crippen MR) is 56.5 cm³/mol. The van der Waals surface area contributed by atoms with E-state index in [4.69, 9.17) is 15.2 Å². The summed E-state index contributed by atoms with van der Waals surface area (Å²) in [6, 6.07) is 5.32. The third-order valence-corrected chi connectivity index (χ3v) is 2.08. The van der Waals surface area contributed by atoms with Crippen molar-refractivity contribution < 1.29 is 18.3 Å². The number of halogens is 2. The zero-order valence-electron chi connectivity index (χ0n) is 9.08. The lowest BCUT2D eigenvalue weighted by atomic mass is 10.1. The lowest BCUT2D eigenvalue weighted by Crippen LogP contribution is -2.05. The van der Waals surface area contributed by atoms with Crippen LogP contribution in [-0.2, 0) is 17.9 Å². The molecule has 0 heterocycles. The van der Waals surface area contributed by atoms with Gasteiger partial charge in [-0.05, 0) is 17.7 Å². The van der Waals surface area contributed by atoms with Crippen LogP contribution >= 0.6 is 0 Å². The summed E-state index contributed by atoms with van der Waals surface area (Å²) in [7, 11) is 1.56. The molecule has 2 N–H and O–H groups in total. The van der Waals surface area contributed by atoms with Crippen LogP contribution in [0.4, 0.5) is 8.78 Å². The fraction of sp³-hybridized carbons (Fsp3) is 0.455. The van der Waals surface area contributed by atoms with E-state index in [9.17, 15) is 8.78 Å². The van der Waals surface area contributed by atoms with Gasteiger partial charge in [0.2, 0.25) is 0 Å². The maximum atomic E-state index is 11.8. The van der Waals surface area contributed by atoms with Gasteiger partial charge in [0, 0.05) is 12.1 Å². The van der Waals surface area contributed by atoms with Crippen LogP contribution in [0.15, 0.2) is 18.2 Å². The molecule has 0 aliphatic heterocycles. The average molecular weight is 231 g/mol. The van der Waals surface area contributed by atoms with E-state index in [1.807, 2.05) is 0 Å². The number of hydrogen-bond acceptors (Lipinski definition) is 3. The van der Waals surface area contributed by atoms with E-state index in [2.05, 4.69) is 0 Å². The molecular formula is C11H15F2NO2. The second-order valence-corrected chi connectivity index (χ2v) is 3.26. The fourth-order valence-electron chi connectivity index (χ4n) is 1.35. The number of rotatable bonds is 6. The number of methoxy groups -OCH3 is 1. The molecule has 0 fully saturated rings. The van der Waals surface area contributed by atoms with Crippen LogP contribution in [0.25, 0.3) is 0 Å². The van der Waals surface area contributed by atoms with Gasteiger partial charge in [0.15, 0.2) is 0 Å². The molecule has 0 bridgehead atoms. The molecule has 0 amide bonds. The van der Waals surface area contributed by atoms with E-state index in [0.29, 0.717) is 12.3 Å². The lowest BCUT2D eigenvalue weighted by Gasteiger charge is -2.09. The third-order valence-electron chi connectivity index (χ3n) is 2.08. The van der Waals surface area contributed by atoms with Crippen molar-refractivity contribution in [1.29, 1.82) is 0 Å². The predicted octanol–water partition coefficient (Wildman–Crippen LogP) is 1.94. The first-order valence-corrected chi connectivity index (χ1v) is 4.89. The van der Waals surface area contributed by atoms with Crippen molar-refractivity contribution in [3.8, 4) is 5.75 Å². The van der Waals surface area contributed by atoms with Gasteiger partial charge in [-0.2, -0.15) is 0 Å². The zero-order chi connectivity index (χ0) is 12.0. The molecule has 3 nitrogen and oxygen atoms in total. The molecule has 16 heavy (non-hydrogen) atoms.